The lowest BCUT2D eigenvalue weighted by Gasteiger charge is -2.07. The zero-order valence-electron chi connectivity index (χ0n) is 6.44. The van der Waals surface area contributed by atoms with Crippen LogP contribution in [0.15, 0.2) is 30.3 Å². The molecule has 0 saturated heterocycles. The van der Waals surface area contributed by atoms with Crippen LogP contribution in [-0.2, 0) is 9.53 Å². The van der Waals surface area contributed by atoms with E-state index in [4.69, 9.17) is 0 Å². The summed E-state index contributed by atoms with van der Waals surface area (Å²) in [6.07, 6.45) is 0. The molecule has 0 radical (unpaired) electrons. The van der Waals surface area contributed by atoms with Crippen LogP contribution in [0.2, 0.25) is 0 Å². The lowest BCUT2D eigenvalue weighted by atomic mass is 10.2. The van der Waals surface area contributed by atoms with Gasteiger partial charge in [0.25, 0.3) is 6.47 Å². The quantitative estimate of drug-likeness (QED) is 0.584. The minimum Gasteiger partial charge on any atom is -0.466 e. The van der Waals surface area contributed by atoms with Crippen molar-refractivity contribution in [1.29, 1.82) is 0 Å². The van der Waals surface area contributed by atoms with Gasteiger partial charge in [-0.3, -0.25) is 4.79 Å². The highest BCUT2D eigenvalue weighted by Crippen LogP contribution is 2.21. The molecule has 0 aliphatic heterocycles. The summed E-state index contributed by atoms with van der Waals surface area (Å²) >= 11 is 3.40. The van der Waals surface area contributed by atoms with Crippen molar-refractivity contribution in [2.45, 2.75) is 4.83 Å². The van der Waals surface area contributed by atoms with Crippen LogP contribution < -0.4 is 0 Å². The van der Waals surface area contributed by atoms with Gasteiger partial charge >= 0.3 is 0 Å². The standard InChI is InChI=1S/C9H9BrO2/c10-9(6-12-7-11)8-4-2-1-3-5-8/h1-5,7,9H,6H2. The highest BCUT2D eigenvalue weighted by atomic mass is 79.9. The van der Waals surface area contributed by atoms with Crippen LogP contribution in [0.4, 0.5) is 0 Å². The molecule has 0 N–H and O–H groups in total. The molecule has 0 aromatic heterocycles. The van der Waals surface area contributed by atoms with E-state index < -0.39 is 0 Å². The normalized spacial score (nSPS) is 12.1. The van der Waals surface area contributed by atoms with Gasteiger partial charge in [0.15, 0.2) is 0 Å². The second kappa shape index (κ2) is 4.93. The molecule has 1 atom stereocenters. The Labute approximate surface area is 79.7 Å². The first kappa shape index (κ1) is 9.26. The first-order valence-corrected chi connectivity index (χ1v) is 4.50. The first-order chi connectivity index (χ1) is 5.84. The van der Waals surface area contributed by atoms with Crippen molar-refractivity contribution >= 4 is 22.4 Å². The Hall–Kier alpha value is -0.830. The third kappa shape index (κ3) is 2.66. The number of carbonyl (C=O) groups excluding carboxylic acids is 1. The molecule has 0 heterocycles. The molecule has 12 heavy (non-hydrogen) atoms. The van der Waals surface area contributed by atoms with E-state index in [0.717, 1.165) is 5.56 Å². The molecule has 1 rings (SSSR count). The first-order valence-electron chi connectivity index (χ1n) is 3.59. The van der Waals surface area contributed by atoms with E-state index in [-0.39, 0.29) is 4.83 Å². The van der Waals surface area contributed by atoms with E-state index >= 15 is 0 Å². The van der Waals surface area contributed by atoms with Gasteiger partial charge in [-0.1, -0.05) is 46.3 Å². The van der Waals surface area contributed by atoms with Crippen LogP contribution in [0, 0.1) is 0 Å². The second-order valence-electron chi connectivity index (χ2n) is 2.31. The highest BCUT2D eigenvalue weighted by Gasteiger charge is 2.05. The Morgan fingerprint density at radius 1 is 1.42 bits per heavy atom. The predicted molar refractivity (Wildman–Crippen MR) is 50.1 cm³/mol. The molecule has 0 saturated carbocycles. The Kier molecular flexibility index (Phi) is 3.80. The van der Waals surface area contributed by atoms with E-state index in [1.165, 1.54) is 0 Å². The fraction of sp³-hybridized carbons (Fsp3) is 0.222. The summed E-state index contributed by atoms with van der Waals surface area (Å²) in [7, 11) is 0. The van der Waals surface area contributed by atoms with Gasteiger partial charge in [-0.15, -0.1) is 0 Å². The van der Waals surface area contributed by atoms with Gasteiger partial charge < -0.3 is 4.74 Å². The van der Waals surface area contributed by atoms with Crippen LogP contribution in [0.5, 0.6) is 0 Å². The number of hydrogen-bond donors (Lipinski definition) is 0. The smallest absolute Gasteiger partial charge is 0.293 e. The lowest BCUT2D eigenvalue weighted by molar-refractivity contribution is -0.128. The molecule has 0 spiro atoms. The fourth-order valence-electron chi connectivity index (χ4n) is 0.882. The van der Waals surface area contributed by atoms with E-state index in [9.17, 15) is 4.79 Å². The maximum Gasteiger partial charge on any atom is 0.293 e. The van der Waals surface area contributed by atoms with Crippen LogP contribution >= 0.6 is 15.9 Å². The van der Waals surface area contributed by atoms with Gasteiger partial charge in [-0.25, -0.2) is 0 Å². The largest absolute Gasteiger partial charge is 0.466 e. The zero-order valence-corrected chi connectivity index (χ0v) is 8.03. The number of hydrogen-bond acceptors (Lipinski definition) is 2. The number of halogens is 1. The van der Waals surface area contributed by atoms with Gasteiger partial charge in [0.2, 0.25) is 0 Å². The minimum atomic E-state index is 0.0869. The van der Waals surface area contributed by atoms with Crippen molar-refractivity contribution in [2.75, 3.05) is 6.61 Å². The van der Waals surface area contributed by atoms with Gasteiger partial charge in [0.05, 0.1) is 4.83 Å². The van der Waals surface area contributed by atoms with Crippen molar-refractivity contribution in [2.24, 2.45) is 0 Å². The topological polar surface area (TPSA) is 26.3 Å². The third-order valence-corrected chi connectivity index (χ3v) is 2.26. The van der Waals surface area contributed by atoms with E-state index in [1.54, 1.807) is 0 Å². The average molecular weight is 229 g/mol. The number of rotatable bonds is 4. The van der Waals surface area contributed by atoms with Crippen LogP contribution in [0.3, 0.4) is 0 Å². The maximum atomic E-state index is 9.90. The van der Waals surface area contributed by atoms with Crippen molar-refractivity contribution in [3.63, 3.8) is 0 Å². The SMILES string of the molecule is O=COCC(Br)c1ccccc1. The van der Waals surface area contributed by atoms with Gasteiger partial charge in [-0.2, -0.15) is 0 Å². The molecule has 0 amide bonds. The van der Waals surface area contributed by atoms with Gasteiger partial charge in [0.1, 0.15) is 6.61 Å². The van der Waals surface area contributed by atoms with E-state index in [2.05, 4.69) is 20.7 Å². The Morgan fingerprint density at radius 2 is 2.08 bits per heavy atom. The summed E-state index contributed by atoms with van der Waals surface area (Å²) in [5.41, 5.74) is 1.11. The Bertz CT molecular complexity index is 236. The molecule has 1 unspecified atom stereocenters. The molecule has 0 bridgehead atoms. The third-order valence-electron chi connectivity index (χ3n) is 1.47. The lowest BCUT2D eigenvalue weighted by Crippen LogP contribution is -1.99. The number of alkyl halides is 1. The van der Waals surface area contributed by atoms with Crippen molar-refractivity contribution in [3.05, 3.63) is 35.9 Å². The zero-order chi connectivity index (χ0) is 8.81. The monoisotopic (exact) mass is 228 g/mol. The van der Waals surface area contributed by atoms with Crippen LogP contribution in [0.25, 0.3) is 0 Å². The second-order valence-corrected chi connectivity index (χ2v) is 3.41. The molecule has 64 valence electrons. The summed E-state index contributed by atoms with van der Waals surface area (Å²) in [5.74, 6) is 0. The Morgan fingerprint density at radius 3 is 2.67 bits per heavy atom. The Balaban J connectivity index is 2.53. The number of benzene rings is 1. The molecule has 1 aromatic carbocycles. The summed E-state index contributed by atoms with van der Waals surface area (Å²) in [6.45, 7) is 0.824. The predicted octanol–water partition coefficient (Wildman–Crippen LogP) is 2.30. The number of ether oxygens (including phenoxy) is 1. The molecule has 3 heteroatoms. The summed E-state index contributed by atoms with van der Waals surface area (Å²) in [6, 6.07) is 9.81. The molecule has 0 aliphatic carbocycles. The van der Waals surface area contributed by atoms with Crippen LogP contribution in [0.1, 0.15) is 10.4 Å². The molecule has 1 aromatic rings. The summed E-state index contributed by atoms with van der Waals surface area (Å²) < 4.78 is 4.62. The van der Waals surface area contributed by atoms with Crippen molar-refractivity contribution < 1.29 is 9.53 Å². The molecule has 2 nitrogen and oxygen atoms in total. The minimum absolute atomic E-state index is 0.0869. The number of carbonyl (C=O) groups is 1. The van der Waals surface area contributed by atoms with E-state index in [1.807, 2.05) is 30.3 Å². The van der Waals surface area contributed by atoms with Crippen LogP contribution in [-0.4, -0.2) is 13.1 Å². The summed E-state index contributed by atoms with van der Waals surface area (Å²) in [5, 5.41) is 0. The maximum absolute atomic E-state index is 9.90. The van der Waals surface area contributed by atoms with E-state index in [0.29, 0.717) is 13.1 Å². The molecule has 0 fully saturated rings. The van der Waals surface area contributed by atoms with Gasteiger partial charge in [0, 0.05) is 0 Å². The highest BCUT2D eigenvalue weighted by molar-refractivity contribution is 9.09. The fourth-order valence-corrected chi connectivity index (χ4v) is 1.34. The van der Waals surface area contributed by atoms with Crippen molar-refractivity contribution in [3.8, 4) is 0 Å². The molecular weight excluding hydrogens is 220 g/mol. The average Bonchev–Trinajstić information content (AvgIpc) is 2.15. The molecular formula is C9H9BrO2. The van der Waals surface area contributed by atoms with Crippen molar-refractivity contribution in [1.82, 2.24) is 0 Å². The molecule has 0 aliphatic rings. The van der Waals surface area contributed by atoms with Gasteiger partial charge in [-0.05, 0) is 5.56 Å². The summed E-state index contributed by atoms with van der Waals surface area (Å²) in [4.78, 5) is 9.98.